The summed E-state index contributed by atoms with van der Waals surface area (Å²) in [6.07, 6.45) is 0. The number of aromatic nitrogens is 4. The highest BCUT2D eigenvalue weighted by molar-refractivity contribution is 8.76. The Bertz CT molecular complexity index is 2050. The van der Waals surface area contributed by atoms with E-state index in [-0.39, 0.29) is 24.3 Å². The number of methoxy groups -OCH3 is 2. The Balaban J connectivity index is 1.54. The SMILES string of the molecule is CCOC(=O)c1c(-c2ccccc2)nc(SSc2nc(-c3ccccc3)c(C(=O)OCC)c(-c3ccccc3OC)n2)nc1-c1ccccc1OC. The van der Waals surface area contributed by atoms with Crippen molar-refractivity contribution in [1.29, 1.82) is 0 Å². The maximum atomic E-state index is 13.6. The van der Waals surface area contributed by atoms with Crippen LogP contribution >= 0.6 is 21.6 Å². The monoisotopic (exact) mass is 730 g/mol. The fourth-order valence-electron chi connectivity index (χ4n) is 5.50. The average molecular weight is 731 g/mol. The molecule has 0 aliphatic carbocycles. The van der Waals surface area contributed by atoms with E-state index >= 15 is 0 Å². The fraction of sp³-hybridized carbons (Fsp3) is 0.150. The zero-order valence-corrected chi connectivity index (χ0v) is 30.5. The molecule has 2 aromatic heterocycles. The molecule has 0 aliphatic rings. The molecule has 52 heavy (non-hydrogen) atoms. The molecule has 0 radical (unpaired) electrons. The summed E-state index contributed by atoms with van der Waals surface area (Å²) in [5.41, 5.74) is 4.54. The minimum absolute atomic E-state index is 0.169. The summed E-state index contributed by atoms with van der Waals surface area (Å²) in [5.74, 6) is -0.0565. The minimum Gasteiger partial charge on any atom is -0.496 e. The summed E-state index contributed by atoms with van der Waals surface area (Å²) < 4.78 is 22.5. The summed E-state index contributed by atoms with van der Waals surface area (Å²) in [7, 11) is 5.55. The molecule has 0 fully saturated rings. The van der Waals surface area contributed by atoms with E-state index in [9.17, 15) is 9.59 Å². The Morgan fingerprint density at radius 1 is 0.500 bits per heavy atom. The van der Waals surface area contributed by atoms with E-state index in [0.717, 1.165) is 0 Å². The fourth-order valence-corrected chi connectivity index (χ4v) is 7.06. The van der Waals surface area contributed by atoms with Gasteiger partial charge in [0, 0.05) is 22.3 Å². The molecule has 0 bridgehead atoms. The van der Waals surface area contributed by atoms with E-state index in [1.807, 2.05) is 97.1 Å². The van der Waals surface area contributed by atoms with Crippen molar-refractivity contribution in [2.45, 2.75) is 24.2 Å². The van der Waals surface area contributed by atoms with Gasteiger partial charge in [-0.25, -0.2) is 29.5 Å². The van der Waals surface area contributed by atoms with Gasteiger partial charge in [0.15, 0.2) is 10.3 Å². The molecule has 4 aromatic carbocycles. The first-order valence-corrected chi connectivity index (χ1v) is 18.5. The predicted molar refractivity (Wildman–Crippen MR) is 203 cm³/mol. The number of hydrogen-bond donors (Lipinski definition) is 0. The van der Waals surface area contributed by atoms with Crippen LogP contribution in [0.4, 0.5) is 0 Å². The van der Waals surface area contributed by atoms with Crippen molar-refractivity contribution in [2.75, 3.05) is 27.4 Å². The molecule has 0 atom stereocenters. The van der Waals surface area contributed by atoms with Crippen LogP contribution in [0, 0.1) is 0 Å². The molecule has 0 saturated heterocycles. The summed E-state index contributed by atoms with van der Waals surface area (Å²) >= 11 is 0. The van der Waals surface area contributed by atoms with Gasteiger partial charge < -0.3 is 18.9 Å². The van der Waals surface area contributed by atoms with Gasteiger partial charge in [0.2, 0.25) is 0 Å². The molecular weight excluding hydrogens is 697 g/mol. The van der Waals surface area contributed by atoms with Crippen LogP contribution in [-0.2, 0) is 9.47 Å². The van der Waals surface area contributed by atoms with Crippen LogP contribution < -0.4 is 9.47 Å². The van der Waals surface area contributed by atoms with E-state index < -0.39 is 11.9 Å². The van der Waals surface area contributed by atoms with E-state index in [4.69, 9.17) is 38.9 Å². The zero-order valence-electron chi connectivity index (χ0n) is 28.9. The highest BCUT2D eigenvalue weighted by atomic mass is 33.1. The van der Waals surface area contributed by atoms with Gasteiger partial charge >= 0.3 is 11.9 Å². The van der Waals surface area contributed by atoms with Crippen LogP contribution in [0.15, 0.2) is 120 Å². The maximum Gasteiger partial charge on any atom is 0.342 e. The third kappa shape index (κ3) is 7.78. The Hall–Kier alpha value is -5.72. The van der Waals surface area contributed by atoms with Crippen molar-refractivity contribution in [2.24, 2.45) is 0 Å². The summed E-state index contributed by atoms with van der Waals surface area (Å²) in [5, 5.41) is 0.659. The van der Waals surface area contributed by atoms with Gasteiger partial charge in [-0.1, -0.05) is 84.9 Å². The van der Waals surface area contributed by atoms with Crippen LogP contribution in [0.3, 0.4) is 0 Å². The smallest absolute Gasteiger partial charge is 0.342 e. The molecule has 0 aliphatic heterocycles. The van der Waals surface area contributed by atoms with Gasteiger partial charge in [-0.3, -0.25) is 0 Å². The second-order valence-electron chi connectivity index (χ2n) is 10.9. The third-order valence-corrected chi connectivity index (χ3v) is 9.64. The van der Waals surface area contributed by atoms with Crippen LogP contribution in [-0.4, -0.2) is 59.3 Å². The number of ether oxygens (including phenoxy) is 4. The predicted octanol–water partition coefficient (Wildman–Crippen LogP) is 9.10. The van der Waals surface area contributed by atoms with Crippen LogP contribution in [0.25, 0.3) is 45.0 Å². The summed E-state index contributed by atoms with van der Waals surface area (Å²) in [4.78, 5) is 46.9. The molecule has 2 heterocycles. The number of carbonyl (C=O) groups is 2. The quantitative estimate of drug-likeness (QED) is 0.0640. The first-order valence-electron chi connectivity index (χ1n) is 16.4. The molecular formula is C40H34N4O6S2. The Morgan fingerprint density at radius 2 is 0.846 bits per heavy atom. The number of rotatable bonds is 13. The molecule has 6 aromatic rings. The lowest BCUT2D eigenvalue weighted by atomic mass is 9.99. The topological polar surface area (TPSA) is 123 Å². The van der Waals surface area contributed by atoms with Gasteiger partial charge in [-0.15, -0.1) is 0 Å². The third-order valence-electron chi connectivity index (χ3n) is 7.75. The minimum atomic E-state index is -0.557. The molecule has 6 rings (SSSR count). The first kappa shape index (κ1) is 36.1. The number of carbonyl (C=O) groups excluding carboxylic acids is 2. The Morgan fingerprint density at radius 3 is 1.21 bits per heavy atom. The van der Waals surface area contributed by atoms with Gasteiger partial charge in [-0.05, 0) is 59.7 Å². The number of hydrogen-bond acceptors (Lipinski definition) is 12. The van der Waals surface area contributed by atoms with E-state index in [2.05, 4.69) is 0 Å². The number of para-hydroxylation sites is 2. The van der Waals surface area contributed by atoms with Crippen molar-refractivity contribution in [3.8, 4) is 56.5 Å². The lowest BCUT2D eigenvalue weighted by molar-refractivity contribution is 0.0517. The molecule has 10 nitrogen and oxygen atoms in total. The lowest BCUT2D eigenvalue weighted by Crippen LogP contribution is -2.13. The van der Waals surface area contributed by atoms with Crippen molar-refractivity contribution >= 4 is 33.5 Å². The van der Waals surface area contributed by atoms with E-state index in [0.29, 0.717) is 66.8 Å². The van der Waals surface area contributed by atoms with Crippen molar-refractivity contribution in [3.63, 3.8) is 0 Å². The second kappa shape index (κ2) is 17.0. The standard InChI is InChI=1S/C40H34N4O6S2/c1-5-49-37(45)31-33(25-17-9-7-10-18-25)41-39(43-35(31)27-21-13-15-23-29(27)47-3)51-52-40-42-34(26-19-11-8-12-20-26)32(38(46)50-6-2)36(44-40)28-22-14-16-24-30(28)48-4/h7-24H,5-6H2,1-4H3. The first-order chi connectivity index (χ1) is 25.5. The Labute approximate surface area is 309 Å². The number of nitrogens with zero attached hydrogens (tertiary/aromatic N) is 4. The molecule has 0 saturated carbocycles. The van der Waals surface area contributed by atoms with Crippen molar-refractivity contribution in [1.82, 2.24) is 19.9 Å². The maximum absolute atomic E-state index is 13.6. The Kier molecular flexibility index (Phi) is 11.8. The lowest BCUT2D eigenvalue weighted by Gasteiger charge is -2.17. The molecule has 262 valence electrons. The largest absolute Gasteiger partial charge is 0.496 e. The molecule has 0 spiro atoms. The zero-order chi connectivity index (χ0) is 36.5. The highest BCUT2D eigenvalue weighted by Crippen LogP contribution is 2.43. The summed E-state index contributed by atoms with van der Waals surface area (Å²) in [6.45, 7) is 3.84. The van der Waals surface area contributed by atoms with Gasteiger partial charge in [0.25, 0.3) is 0 Å². The van der Waals surface area contributed by atoms with Crippen molar-refractivity contribution < 1.29 is 28.5 Å². The van der Waals surface area contributed by atoms with Crippen molar-refractivity contribution in [3.05, 3.63) is 120 Å². The highest BCUT2D eigenvalue weighted by Gasteiger charge is 2.28. The average Bonchev–Trinajstić information content (AvgIpc) is 3.20. The van der Waals surface area contributed by atoms with Crippen LogP contribution in [0.5, 0.6) is 11.5 Å². The van der Waals surface area contributed by atoms with E-state index in [1.54, 1.807) is 40.2 Å². The number of benzene rings is 4. The van der Waals surface area contributed by atoms with Gasteiger partial charge in [-0.2, -0.15) is 0 Å². The molecule has 0 N–H and O–H groups in total. The van der Waals surface area contributed by atoms with Gasteiger partial charge in [0.1, 0.15) is 22.6 Å². The van der Waals surface area contributed by atoms with Gasteiger partial charge in [0.05, 0.1) is 50.2 Å². The molecule has 0 unspecified atom stereocenters. The van der Waals surface area contributed by atoms with E-state index in [1.165, 1.54) is 21.6 Å². The molecule has 0 amide bonds. The van der Waals surface area contributed by atoms with Crippen LogP contribution in [0.1, 0.15) is 34.6 Å². The normalized spacial score (nSPS) is 10.8. The second-order valence-corrected chi connectivity index (χ2v) is 13.0. The summed E-state index contributed by atoms with van der Waals surface area (Å²) in [6, 6.07) is 33.5. The van der Waals surface area contributed by atoms with Crippen LogP contribution in [0.2, 0.25) is 0 Å². The molecule has 12 heteroatoms. The number of esters is 2.